The van der Waals surface area contributed by atoms with Crippen LogP contribution in [0.5, 0.6) is 11.5 Å². The highest BCUT2D eigenvalue weighted by Gasteiger charge is 2.15. The van der Waals surface area contributed by atoms with Crippen LogP contribution >= 0.6 is 0 Å². The van der Waals surface area contributed by atoms with E-state index < -0.39 is 11.9 Å². The van der Waals surface area contributed by atoms with Crippen LogP contribution in [0.2, 0.25) is 0 Å². The van der Waals surface area contributed by atoms with Gasteiger partial charge in [-0.05, 0) is 61.0 Å². The topological polar surface area (TPSA) is 94.1 Å². The van der Waals surface area contributed by atoms with Gasteiger partial charge in [0.25, 0.3) is 5.91 Å². The van der Waals surface area contributed by atoms with Gasteiger partial charge in [-0.15, -0.1) is 0 Å². The van der Waals surface area contributed by atoms with Gasteiger partial charge in [-0.1, -0.05) is 29.8 Å². The zero-order valence-electron chi connectivity index (χ0n) is 17.0. The third-order valence-corrected chi connectivity index (χ3v) is 4.11. The molecule has 7 heteroatoms. The van der Waals surface area contributed by atoms with E-state index in [1.54, 1.807) is 54.6 Å². The van der Waals surface area contributed by atoms with E-state index in [-0.39, 0.29) is 17.2 Å². The summed E-state index contributed by atoms with van der Waals surface area (Å²) in [7, 11) is 0. The van der Waals surface area contributed by atoms with Crippen molar-refractivity contribution in [1.82, 2.24) is 5.43 Å². The molecule has 0 aliphatic heterocycles. The third-order valence-electron chi connectivity index (χ3n) is 4.11. The summed E-state index contributed by atoms with van der Waals surface area (Å²) in [5, 5.41) is 3.94. The molecule has 7 nitrogen and oxygen atoms in total. The fraction of sp³-hybridized carbons (Fsp3) is 0.0833. The molecule has 0 saturated heterocycles. The van der Waals surface area contributed by atoms with Crippen LogP contribution in [0.25, 0.3) is 0 Å². The van der Waals surface area contributed by atoms with E-state index in [2.05, 4.69) is 10.5 Å². The summed E-state index contributed by atoms with van der Waals surface area (Å²) in [4.78, 5) is 35.7. The van der Waals surface area contributed by atoms with Crippen LogP contribution in [0.1, 0.15) is 38.8 Å². The van der Waals surface area contributed by atoms with Gasteiger partial charge >= 0.3 is 11.9 Å². The minimum Gasteiger partial charge on any atom is -0.426 e. The second kappa shape index (κ2) is 9.98. The van der Waals surface area contributed by atoms with Gasteiger partial charge in [0.15, 0.2) is 0 Å². The number of hydrazone groups is 1. The lowest BCUT2D eigenvalue weighted by atomic mass is 10.1. The van der Waals surface area contributed by atoms with Gasteiger partial charge in [0.1, 0.15) is 17.1 Å². The summed E-state index contributed by atoms with van der Waals surface area (Å²) in [5.74, 6) is -1.05. The number of esters is 2. The van der Waals surface area contributed by atoms with Gasteiger partial charge in [-0.3, -0.25) is 9.59 Å². The molecule has 0 unspecified atom stereocenters. The first-order valence-corrected chi connectivity index (χ1v) is 9.42. The number of nitrogens with zero attached hydrogens (tertiary/aromatic N) is 1. The number of para-hydroxylation sites is 1. The summed E-state index contributed by atoms with van der Waals surface area (Å²) in [6.45, 7) is 3.16. The first-order valence-electron chi connectivity index (χ1n) is 9.42. The number of nitrogens with one attached hydrogen (secondary N) is 1. The number of benzene rings is 3. The molecule has 3 rings (SSSR count). The molecule has 3 aromatic rings. The van der Waals surface area contributed by atoms with Crippen molar-refractivity contribution in [3.05, 3.63) is 95.1 Å². The first kappa shape index (κ1) is 21.4. The SMILES string of the molecule is CC(=O)Oc1ccccc1C(=O)Oc1ccc(/C=N/NC(=O)c2cccc(C)c2)cc1. The van der Waals surface area contributed by atoms with Crippen molar-refractivity contribution in [2.45, 2.75) is 13.8 Å². The number of rotatable bonds is 6. The highest BCUT2D eigenvalue weighted by molar-refractivity contribution is 5.95. The Labute approximate surface area is 179 Å². The summed E-state index contributed by atoms with van der Waals surface area (Å²) in [6.07, 6.45) is 1.48. The molecule has 0 spiro atoms. The van der Waals surface area contributed by atoms with E-state index in [0.29, 0.717) is 16.9 Å². The Kier molecular flexibility index (Phi) is 6.90. The predicted molar refractivity (Wildman–Crippen MR) is 115 cm³/mol. The first-order chi connectivity index (χ1) is 14.9. The fourth-order valence-corrected chi connectivity index (χ4v) is 2.68. The van der Waals surface area contributed by atoms with Crippen LogP contribution in [0, 0.1) is 6.92 Å². The number of hydrogen-bond donors (Lipinski definition) is 1. The van der Waals surface area contributed by atoms with Crippen LogP contribution in [0.3, 0.4) is 0 Å². The quantitative estimate of drug-likeness (QED) is 0.285. The average Bonchev–Trinajstić information content (AvgIpc) is 2.75. The number of carbonyl (C=O) groups excluding carboxylic acids is 3. The molecule has 0 saturated carbocycles. The Bertz CT molecular complexity index is 1140. The Hall–Kier alpha value is -4.26. The van der Waals surface area contributed by atoms with Gasteiger partial charge in [0, 0.05) is 12.5 Å². The monoisotopic (exact) mass is 416 g/mol. The van der Waals surface area contributed by atoms with Crippen molar-refractivity contribution in [2.75, 3.05) is 0 Å². The number of ether oxygens (including phenoxy) is 2. The van der Waals surface area contributed by atoms with Crippen molar-refractivity contribution < 1.29 is 23.9 Å². The molecular weight excluding hydrogens is 396 g/mol. The number of hydrogen-bond acceptors (Lipinski definition) is 6. The lowest BCUT2D eigenvalue weighted by molar-refractivity contribution is -0.131. The molecule has 0 aromatic heterocycles. The highest BCUT2D eigenvalue weighted by atomic mass is 16.5. The Morgan fingerprint density at radius 3 is 2.35 bits per heavy atom. The zero-order chi connectivity index (χ0) is 22.2. The lowest BCUT2D eigenvalue weighted by Crippen LogP contribution is -2.17. The van der Waals surface area contributed by atoms with E-state index in [9.17, 15) is 14.4 Å². The van der Waals surface area contributed by atoms with E-state index in [1.807, 2.05) is 13.0 Å². The van der Waals surface area contributed by atoms with Crippen molar-refractivity contribution in [1.29, 1.82) is 0 Å². The van der Waals surface area contributed by atoms with E-state index in [4.69, 9.17) is 9.47 Å². The molecule has 0 heterocycles. The van der Waals surface area contributed by atoms with Crippen LogP contribution in [-0.2, 0) is 4.79 Å². The van der Waals surface area contributed by atoms with Crippen LogP contribution < -0.4 is 14.9 Å². The Balaban J connectivity index is 1.60. The molecule has 0 bridgehead atoms. The van der Waals surface area contributed by atoms with Crippen molar-refractivity contribution in [3.63, 3.8) is 0 Å². The van der Waals surface area contributed by atoms with Crippen molar-refractivity contribution in [2.24, 2.45) is 5.10 Å². The molecule has 0 aliphatic rings. The Morgan fingerprint density at radius 2 is 1.65 bits per heavy atom. The Morgan fingerprint density at radius 1 is 0.903 bits per heavy atom. The smallest absolute Gasteiger partial charge is 0.347 e. The van der Waals surface area contributed by atoms with Gasteiger partial charge in [-0.25, -0.2) is 10.2 Å². The largest absolute Gasteiger partial charge is 0.426 e. The van der Waals surface area contributed by atoms with E-state index in [1.165, 1.54) is 25.3 Å². The van der Waals surface area contributed by atoms with Crippen molar-refractivity contribution in [3.8, 4) is 11.5 Å². The molecule has 0 aliphatic carbocycles. The molecule has 31 heavy (non-hydrogen) atoms. The molecule has 1 amide bonds. The summed E-state index contributed by atoms with van der Waals surface area (Å²) < 4.78 is 10.4. The maximum absolute atomic E-state index is 12.4. The van der Waals surface area contributed by atoms with E-state index in [0.717, 1.165) is 5.56 Å². The predicted octanol–water partition coefficient (Wildman–Crippen LogP) is 3.90. The maximum atomic E-state index is 12.4. The molecule has 0 radical (unpaired) electrons. The van der Waals surface area contributed by atoms with Crippen LogP contribution in [0.4, 0.5) is 0 Å². The molecule has 1 N–H and O–H groups in total. The number of amides is 1. The molecule has 0 fully saturated rings. The van der Waals surface area contributed by atoms with Gasteiger partial charge in [0.2, 0.25) is 0 Å². The minimum absolute atomic E-state index is 0.133. The van der Waals surface area contributed by atoms with Gasteiger partial charge < -0.3 is 9.47 Å². The number of carbonyl (C=O) groups is 3. The summed E-state index contributed by atoms with van der Waals surface area (Å²) >= 11 is 0. The fourth-order valence-electron chi connectivity index (χ4n) is 2.68. The zero-order valence-corrected chi connectivity index (χ0v) is 17.0. The van der Waals surface area contributed by atoms with Crippen LogP contribution in [0.15, 0.2) is 77.9 Å². The molecule has 3 aromatic carbocycles. The number of aryl methyl sites for hydroxylation is 1. The standard InChI is InChI=1S/C24H20N2O5/c1-16-6-5-7-19(14-16)23(28)26-25-15-18-10-12-20(13-11-18)31-24(29)21-8-3-4-9-22(21)30-17(2)27/h3-15H,1-2H3,(H,26,28)/b25-15+. The third kappa shape index (κ3) is 6.11. The minimum atomic E-state index is -0.649. The van der Waals surface area contributed by atoms with Gasteiger partial charge in [0.05, 0.1) is 6.21 Å². The average molecular weight is 416 g/mol. The second-order valence-electron chi connectivity index (χ2n) is 6.62. The maximum Gasteiger partial charge on any atom is 0.347 e. The second-order valence-corrected chi connectivity index (χ2v) is 6.62. The summed E-state index contributed by atoms with van der Waals surface area (Å²) in [5.41, 5.74) is 4.81. The molecule has 156 valence electrons. The van der Waals surface area contributed by atoms with Gasteiger partial charge in [-0.2, -0.15) is 5.10 Å². The summed E-state index contributed by atoms with van der Waals surface area (Å²) in [6, 6.07) is 20.1. The lowest BCUT2D eigenvalue weighted by Gasteiger charge is -2.08. The highest BCUT2D eigenvalue weighted by Crippen LogP contribution is 2.21. The van der Waals surface area contributed by atoms with Crippen LogP contribution in [-0.4, -0.2) is 24.1 Å². The van der Waals surface area contributed by atoms with E-state index >= 15 is 0 Å². The normalized spacial score (nSPS) is 10.5. The molecular formula is C24H20N2O5. The van der Waals surface area contributed by atoms with Crippen molar-refractivity contribution >= 4 is 24.1 Å². The molecule has 0 atom stereocenters.